The predicted octanol–water partition coefficient (Wildman–Crippen LogP) is 7.68. The smallest absolute Gasteiger partial charge is 0.160 e. The van der Waals surface area contributed by atoms with E-state index in [4.69, 9.17) is 26.1 Å². The lowest BCUT2D eigenvalue weighted by Gasteiger charge is -2.17. The summed E-state index contributed by atoms with van der Waals surface area (Å²) in [6, 6.07) is 25.2. The molecule has 4 rings (SSSR count). The third-order valence-electron chi connectivity index (χ3n) is 5.95. The third-order valence-corrected chi connectivity index (χ3v) is 6.20. The van der Waals surface area contributed by atoms with Crippen molar-refractivity contribution in [3.63, 3.8) is 0 Å². The number of hydrogen-bond acceptors (Lipinski definition) is 5. The van der Waals surface area contributed by atoms with Crippen LogP contribution in [-0.4, -0.2) is 41.1 Å². The summed E-state index contributed by atoms with van der Waals surface area (Å²) in [5, 5.41) is 0.679. The van der Waals surface area contributed by atoms with Crippen LogP contribution < -0.4 is 9.47 Å². The van der Waals surface area contributed by atoms with Gasteiger partial charge in [-0.15, -0.1) is 0 Å². The molecule has 0 aliphatic carbocycles. The van der Waals surface area contributed by atoms with Crippen molar-refractivity contribution in [1.82, 2.24) is 14.9 Å². The normalized spacial score (nSPS) is 11.0. The quantitative estimate of drug-likeness (QED) is 0.197. The SMILES string of the molecule is CCN(CC)CCCOc1ccc(-c2cc(C)nc(-c3ccc(Oc4ccc(Cl)cc4)cc3)n2)cc1. The summed E-state index contributed by atoms with van der Waals surface area (Å²) in [6.45, 7) is 10.3. The van der Waals surface area contributed by atoms with Crippen molar-refractivity contribution in [3.8, 4) is 39.9 Å². The van der Waals surface area contributed by atoms with Crippen molar-refractivity contribution < 1.29 is 9.47 Å². The molecule has 0 aliphatic rings. The number of ether oxygens (including phenoxy) is 2. The molecular formula is C30H32ClN3O2. The predicted molar refractivity (Wildman–Crippen MR) is 147 cm³/mol. The summed E-state index contributed by atoms with van der Waals surface area (Å²) >= 11 is 5.95. The number of benzene rings is 3. The number of nitrogens with zero attached hydrogens (tertiary/aromatic N) is 3. The second-order valence-corrected chi connectivity index (χ2v) is 8.99. The molecule has 0 fully saturated rings. The molecule has 0 radical (unpaired) electrons. The van der Waals surface area contributed by atoms with Gasteiger partial charge in [0.15, 0.2) is 5.82 Å². The molecule has 0 unspecified atom stereocenters. The first-order valence-electron chi connectivity index (χ1n) is 12.4. The average Bonchev–Trinajstić information content (AvgIpc) is 2.90. The maximum Gasteiger partial charge on any atom is 0.160 e. The Balaban J connectivity index is 1.41. The molecule has 0 aliphatic heterocycles. The van der Waals surface area contributed by atoms with Gasteiger partial charge in [-0.25, -0.2) is 9.97 Å². The van der Waals surface area contributed by atoms with Gasteiger partial charge in [0.25, 0.3) is 0 Å². The molecular weight excluding hydrogens is 470 g/mol. The standard InChI is InChI=1S/C30H32ClN3O2/c1-4-34(5-2)19-6-20-35-26-13-7-23(8-14-26)29-21-22(3)32-30(33-29)24-9-15-27(16-10-24)36-28-17-11-25(31)12-18-28/h7-18,21H,4-6,19-20H2,1-3H3. The van der Waals surface area contributed by atoms with Crippen LogP contribution in [0.5, 0.6) is 17.2 Å². The van der Waals surface area contributed by atoms with E-state index in [2.05, 4.69) is 23.7 Å². The maximum absolute atomic E-state index is 5.95. The van der Waals surface area contributed by atoms with Crippen LogP contribution in [0.2, 0.25) is 5.02 Å². The molecule has 4 aromatic rings. The van der Waals surface area contributed by atoms with Gasteiger partial charge in [-0.3, -0.25) is 0 Å². The summed E-state index contributed by atoms with van der Waals surface area (Å²) in [7, 11) is 0. The molecule has 36 heavy (non-hydrogen) atoms. The molecule has 1 aromatic heterocycles. The van der Waals surface area contributed by atoms with E-state index in [9.17, 15) is 0 Å². The molecule has 0 amide bonds. The van der Waals surface area contributed by atoms with Gasteiger partial charge in [0.1, 0.15) is 17.2 Å². The Hall–Kier alpha value is -3.41. The zero-order chi connectivity index (χ0) is 25.3. The van der Waals surface area contributed by atoms with Crippen LogP contribution in [0.4, 0.5) is 0 Å². The van der Waals surface area contributed by atoms with E-state index in [-0.39, 0.29) is 0 Å². The van der Waals surface area contributed by atoms with Crippen LogP contribution in [0.15, 0.2) is 78.9 Å². The summed E-state index contributed by atoms with van der Waals surface area (Å²) in [5.74, 6) is 3.03. The van der Waals surface area contributed by atoms with Gasteiger partial charge in [0, 0.05) is 28.4 Å². The summed E-state index contributed by atoms with van der Waals surface area (Å²) in [4.78, 5) is 11.9. The summed E-state index contributed by atoms with van der Waals surface area (Å²) in [6.07, 6.45) is 1.02. The Kier molecular flexibility index (Phi) is 8.93. The molecule has 0 N–H and O–H groups in total. The van der Waals surface area contributed by atoms with E-state index >= 15 is 0 Å². The van der Waals surface area contributed by atoms with Gasteiger partial charge in [-0.1, -0.05) is 25.4 Å². The lowest BCUT2D eigenvalue weighted by Crippen LogP contribution is -2.25. The molecule has 5 nitrogen and oxygen atoms in total. The van der Waals surface area contributed by atoms with Crippen molar-refractivity contribution in [2.45, 2.75) is 27.2 Å². The Labute approximate surface area is 218 Å². The minimum absolute atomic E-state index is 0.679. The van der Waals surface area contributed by atoms with Gasteiger partial charge in [0.2, 0.25) is 0 Å². The van der Waals surface area contributed by atoms with E-state index in [1.807, 2.05) is 73.7 Å². The Morgan fingerprint density at radius 1 is 0.750 bits per heavy atom. The average molecular weight is 502 g/mol. The first kappa shape index (κ1) is 25.7. The molecule has 6 heteroatoms. The first-order chi connectivity index (χ1) is 17.5. The number of halogens is 1. The number of hydrogen-bond donors (Lipinski definition) is 0. The molecule has 3 aromatic carbocycles. The topological polar surface area (TPSA) is 47.5 Å². The molecule has 0 atom stereocenters. The minimum atomic E-state index is 0.679. The van der Waals surface area contributed by atoms with E-state index in [0.29, 0.717) is 17.5 Å². The summed E-state index contributed by atoms with van der Waals surface area (Å²) in [5.41, 5.74) is 3.75. The van der Waals surface area contributed by atoms with Gasteiger partial charge >= 0.3 is 0 Å². The Morgan fingerprint density at radius 2 is 1.33 bits per heavy atom. The van der Waals surface area contributed by atoms with E-state index in [0.717, 1.165) is 65.8 Å². The van der Waals surface area contributed by atoms with Crippen LogP contribution in [0, 0.1) is 6.92 Å². The van der Waals surface area contributed by atoms with Crippen molar-refractivity contribution in [2.75, 3.05) is 26.2 Å². The highest BCUT2D eigenvalue weighted by Crippen LogP contribution is 2.28. The molecule has 1 heterocycles. The molecule has 0 saturated heterocycles. The second kappa shape index (κ2) is 12.5. The van der Waals surface area contributed by atoms with Crippen molar-refractivity contribution in [2.24, 2.45) is 0 Å². The number of aromatic nitrogens is 2. The van der Waals surface area contributed by atoms with Crippen molar-refractivity contribution in [3.05, 3.63) is 89.6 Å². The van der Waals surface area contributed by atoms with Crippen LogP contribution in [0.1, 0.15) is 26.0 Å². The van der Waals surface area contributed by atoms with Gasteiger partial charge < -0.3 is 14.4 Å². The van der Waals surface area contributed by atoms with Crippen LogP contribution in [0.25, 0.3) is 22.6 Å². The number of aryl methyl sites for hydroxylation is 1. The van der Waals surface area contributed by atoms with Crippen LogP contribution in [0.3, 0.4) is 0 Å². The van der Waals surface area contributed by atoms with E-state index < -0.39 is 0 Å². The fourth-order valence-corrected chi connectivity index (χ4v) is 4.02. The molecule has 186 valence electrons. The lowest BCUT2D eigenvalue weighted by molar-refractivity contribution is 0.249. The van der Waals surface area contributed by atoms with Gasteiger partial charge in [-0.05, 0) is 105 Å². The third kappa shape index (κ3) is 7.06. The van der Waals surface area contributed by atoms with Gasteiger partial charge in [-0.2, -0.15) is 0 Å². The zero-order valence-electron chi connectivity index (χ0n) is 21.1. The fourth-order valence-electron chi connectivity index (χ4n) is 3.90. The lowest BCUT2D eigenvalue weighted by atomic mass is 10.1. The highest BCUT2D eigenvalue weighted by atomic mass is 35.5. The Morgan fingerprint density at radius 3 is 1.97 bits per heavy atom. The van der Waals surface area contributed by atoms with Crippen molar-refractivity contribution in [1.29, 1.82) is 0 Å². The van der Waals surface area contributed by atoms with Gasteiger partial charge in [0.05, 0.1) is 12.3 Å². The van der Waals surface area contributed by atoms with E-state index in [1.54, 1.807) is 12.1 Å². The molecule has 0 saturated carbocycles. The Bertz CT molecular complexity index is 1240. The monoisotopic (exact) mass is 501 g/mol. The van der Waals surface area contributed by atoms with Crippen LogP contribution in [-0.2, 0) is 0 Å². The van der Waals surface area contributed by atoms with Crippen LogP contribution >= 0.6 is 11.6 Å². The van der Waals surface area contributed by atoms with Crippen molar-refractivity contribution >= 4 is 11.6 Å². The highest BCUT2D eigenvalue weighted by molar-refractivity contribution is 6.30. The maximum atomic E-state index is 5.95. The summed E-state index contributed by atoms with van der Waals surface area (Å²) < 4.78 is 11.8. The fraction of sp³-hybridized carbons (Fsp3) is 0.267. The van der Waals surface area contributed by atoms with E-state index in [1.165, 1.54) is 0 Å². The highest BCUT2D eigenvalue weighted by Gasteiger charge is 2.09. The number of rotatable bonds is 11. The second-order valence-electron chi connectivity index (χ2n) is 8.55. The zero-order valence-corrected chi connectivity index (χ0v) is 21.8. The largest absolute Gasteiger partial charge is 0.494 e. The first-order valence-corrected chi connectivity index (χ1v) is 12.8. The molecule has 0 spiro atoms. The minimum Gasteiger partial charge on any atom is -0.494 e. The molecule has 0 bridgehead atoms.